The fourth-order valence-electron chi connectivity index (χ4n) is 2.04. The van der Waals surface area contributed by atoms with Crippen LogP contribution in [0.4, 0.5) is 4.39 Å². The zero-order chi connectivity index (χ0) is 15.4. The van der Waals surface area contributed by atoms with Crippen LogP contribution >= 0.6 is 11.8 Å². The van der Waals surface area contributed by atoms with Crippen LogP contribution in [-0.2, 0) is 12.3 Å². The lowest BCUT2D eigenvalue weighted by Crippen LogP contribution is -2.01. The summed E-state index contributed by atoms with van der Waals surface area (Å²) in [5.74, 6) is 0.976. The summed E-state index contributed by atoms with van der Waals surface area (Å²) in [5.41, 5.74) is 1.33. The monoisotopic (exact) mass is 315 g/mol. The standard InChI is InChI=1S/C15H14FN5S/c1-2-21-14(13-9-17-7-8-18-13)19-20-15(21)22-10-11-5-3-4-6-12(11)16/h3-9H,2,10H2,1H3. The fraction of sp³-hybridized carbons (Fsp3) is 0.200. The maximum atomic E-state index is 13.7. The number of nitrogens with zero attached hydrogens (tertiary/aromatic N) is 5. The summed E-state index contributed by atoms with van der Waals surface area (Å²) >= 11 is 1.46. The minimum Gasteiger partial charge on any atom is -0.301 e. The van der Waals surface area contributed by atoms with Crippen molar-refractivity contribution in [3.63, 3.8) is 0 Å². The first-order chi connectivity index (χ1) is 10.8. The van der Waals surface area contributed by atoms with Crippen LogP contribution in [0.1, 0.15) is 12.5 Å². The first kappa shape index (κ1) is 14.6. The van der Waals surface area contributed by atoms with Crippen molar-refractivity contribution in [2.45, 2.75) is 24.4 Å². The van der Waals surface area contributed by atoms with Gasteiger partial charge in [-0.15, -0.1) is 10.2 Å². The molecule has 3 aromatic rings. The summed E-state index contributed by atoms with van der Waals surface area (Å²) < 4.78 is 15.6. The summed E-state index contributed by atoms with van der Waals surface area (Å²) in [6, 6.07) is 6.75. The smallest absolute Gasteiger partial charge is 0.191 e. The molecule has 0 aliphatic heterocycles. The molecule has 22 heavy (non-hydrogen) atoms. The highest BCUT2D eigenvalue weighted by molar-refractivity contribution is 7.98. The molecule has 3 rings (SSSR count). The summed E-state index contributed by atoms with van der Waals surface area (Å²) in [6.07, 6.45) is 4.89. The van der Waals surface area contributed by atoms with Crippen molar-refractivity contribution in [3.8, 4) is 11.5 Å². The molecule has 0 spiro atoms. The molecule has 0 N–H and O–H groups in total. The Morgan fingerprint density at radius 2 is 2.05 bits per heavy atom. The Kier molecular flexibility index (Phi) is 4.43. The van der Waals surface area contributed by atoms with E-state index in [2.05, 4.69) is 20.2 Å². The van der Waals surface area contributed by atoms with Gasteiger partial charge in [-0.25, -0.2) is 9.37 Å². The molecular weight excluding hydrogens is 301 g/mol. The summed E-state index contributed by atoms with van der Waals surface area (Å²) in [7, 11) is 0. The second-order valence-electron chi connectivity index (χ2n) is 4.52. The Hall–Kier alpha value is -2.28. The molecule has 0 amide bonds. The predicted octanol–water partition coefficient (Wildman–Crippen LogP) is 3.19. The van der Waals surface area contributed by atoms with Crippen molar-refractivity contribution in [2.24, 2.45) is 0 Å². The largest absolute Gasteiger partial charge is 0.301 e. The molecule has 0 unspecified atom stereocenters. The molecule has 112 valence electrons. The molecule has 0 aliphatic rings. The van der Waals surface area contributed by atoms with Crippen LogP contribution in [0.2, 0.25) is 0 Å². The zero-order valence-electron chi connectivity index (χ0n) is 12.0. The minimum atomic E-state index is -0.202. The van der Waals surface area contributed by atoms with Crippen LogP contribution in [0.15, 0.2) is 48.0 Å². The Balaban J connectivity index is 1.83. The molecule has 7 heteroatoms. The number of halogens is 1. The van der Waals surface area contributed by atoms with Gasteiger partial charge < -0.3 is 4.57 Å². The molecule has 5 nitrogen and oxygen atoms in total. The Morgan fingerprint density at radius 1 is 1.18 bits per heavy atom. The van der Waals surface area contributed by atoms with Crippen LogP contribution in [0, 0.1) is 5.82 Å². The zero-order valence-corrected chi connectivity index (χ0v) is 12.8. The van der Waals surface area contributed by atoms with Crippen LogP contribution in [0.5, 0.6) is 0 Å². The summed E-state index contributed by atoms with van der Waals surface area (Å²) in [5, 5.41) is 9.12. The van der Waals surface area contributed by atoms with Crippen LogP contribution in [0.3, 0.4) is 0 Å². The van der Waals surface area contributed by atoms with E-state index in [1.54, 1.807) is 30.7 Å². The van der Waals surface area contributed by atoms with E-state index in [-0.39, 0.29) is 5.82 Å². The summed E-state index contributed by atoms with van der Waals surface area (Å²) in [4.78, 5) is 8.30. The Morgan fingerprint density at radius 3 is 2.77 bits per heavy atom. The number of rotatable bonds is 5. The summed E-state index contributed by atoms with van der Waals surface area (Å²) in [6.45, 7) is 2.72. The van der Waals surface area contributed by atoms with E-state index >= 15 is 0 Å². The van der Waals surface area contributed by atoms with Gasteiger partial charge in [-0.1, -0.05) is 30.0 Å². The molecule has 0 saturated carbocycles. The van der Waals surface area contributed by atoms with Gasteiger partial charge in [0.1, 0.15) is 11.5 Å². The highest BCUT2D eigenvalue weighted by Crippen LogP contribution is 2.25. The third-order valence-corrected chi connectivity index (χ3v) is 4.16. The molecule has 0 aliphatic carbocycles. The number of thioether (sulfide) groups is 1. The van der Waals surface area contributed by atoms with Crippen molar-refractivity contribution in [3.05, 3.63) is 54.2 Å². The highest BCUT2D eigenvalue weighted by atomic mass is 32.2. The van der Waals surface area contributed by atoms with Gasteiger partial charge in [-0.2, -0.15) is 0 Å². The second-order valence-corrected chi connectivity index (χ2v) is 5.46. The number of hydrogen-bond acceptors (Lipinski definition) is 5. The second kappa shape index (κ2) is 6.65. The molecule has 2 heterocycles. The van der Waals surface area contributed by atoms with E-state index in [1.807, 2.05) is 17.6 Å². The van der Waals surface area contributed by atoms with Crippen molar-refractivity contribution >= 4 is 11.8 Å². The van der Waals surface area contributed by atoms with E-state index in [4.69, 9.17) is 0 Å². The van der Waals surface area contributed by atoms with Gasteiger partial charge in [0.05, 0.1) is 6.20 Å². The molecule has 0 radical (unpaired) electrons. The lowest BCUT2D eigenvalue weighted by Gasteiger charge is -2.07. The van der Waals surface area contributed by atoms with E-state index in [0.29, 0.717) is 29.4 Å². The fourth-order valence-corrected chi connectivity index (χ4v) is 3.03. The number of benzene rings is 1. The molecule has 0 atom stereocenters. The first-order valence-corrected chi connectivity index (χ1v) is 7.84. The lowest BCUT2D eigenvalue weighted by atomic mass is 10.2. The van der Waals surface area contributed by atoms with E-state index in [1.165, 1.54) is 17.8 Å². The van der Waals surface area contributed by atoms with Gasteiger partial charge in [-0.3, -0.25) is 4.98 Å². The van der Waals surface area contributed by atoms with Crippen LogP contribution in [-0.4, -0.2) is 24.7 Å². The van der Waals surface area contributed by atoms with Gasteiger partial charge in [-0.05, 0) is 18.6 Å². The van der Waals surface area contributed by atoms with Crippen LogP contribution in [0.25, 0.3) is 11.5 Å². The first-order valence-electron chi connectivity index (χ1n) is 6.85. The lowest BCUT2D eigenvalue weighted by molar-refractivity contribution is 0.617. The molecule has 0 fully saturated rings. The van der Waals surface area contributed by atoms with Crippen molar-refractivity contribution in [2.75, 3.05) is 0 Å². The van der Waals surface area contributed by atoms with E-state index < -0.39 is 0 Å². The number of aromatic nitrogens is 5. The van der Waals surface area contributed by atoms with Crippen molar-refractivity contribution in [1.29, 1.82) is 0 Å². The normalized spacial score (nSPS) is 10.8. The molecule has 1 aromatic carbocycles. The quantitative estimate of drug-likeness (QED) is 0.677. The van der Waals surface area contributed by atoms with Gasteiger partial charge in [0.25, 0.3) is 0 Å². The van der Waals surface area contributed by atoms with E-state index in [0.717, 1.165) is 5.16 Å². The minimum absolute atomic E-state index is 0.202. The van der Waals surface area contributed by atoms with E-state index in [9.17, 15) is 4.39 Å². The topological polar surface area (TPSA) is 56.5 Å². The van der Waals surface area contributed by atoms with Gasteiger partial charge >= 0.3 is 0 Å². The predicted molar refractivity (Wildman–Crippen MR) is 82.7 cm³/mol. The Bertz CT molecular complexity index is 760. The number of hydrogen-bond donors (Lipinski definition) is 0. The van der Waals surface area contributed by atoms with Crippen molar-refractivity contribution in [1.82, 2.24) is 24.7 Å². The molecule has 0 bridgehead atoms. The van der Waals surface area contributed by atoms with Gasteiger partial charge in [0.2, 0.25) is 0 Å². The molecule has 0 saturated heterocycles. The van der Waals surface area contributed by atoms with Gasteiger partial charge in [0.15, 0.2) is 11.0 Å². The average molecular weight is 315 g/mol. The highest BCUT2D eigenvalue weighted by Gasteiger charge is 2.14. The Labute approximate surface area is 131 Å². The molecule has 2 aromatic heterocycles. The van der Waals surface area contributed by atoms with Crippen LogP contribution < -0.4 is 0 Å². The third kappa shape index (κ3) is 2.99. The van der Waals surface area contributed by atoms with Gasteiger partial charge in [0, 0.05) is 24.7 Å². The maximum absolute atomic E-state index is 13.7. The third-order valence-electron chi connectivity index (χ3n) is 3.14. The SMILES string of the molecule is CCn1c(SCc2ccccc2F)nnc1-c1cnccn1. The van der Waals surface area contributed by atoms with Crippen molar-refractivity contribution < 1.29 is 4.39 Å². The maximum Gasteiger partial charge on any atom is 0.191 e. The average Bonchev–Trinajstić information content (AvgIpc) is 2.98. The molecular formula is C15H14FN5S.